The van der Waals surface area contributed by atoms with Gasteiger partial charge in [-0.05, 0) is 23.3 Å². The van der Waals surface area contributed by atoms with Crippen LogP contribution in [0.3, 0.4) is 0 Å². The molecule has 0 fully saturated rings. The predicted octanol–water partition coefficient (Wildman–Crippen LogP) is 5.29. The van der Waals surface area contributed by atoms with E-state index in [1.807, 2.05) is 6.07 Å². The highest BCUT2D eigenvalue weighted by atomic mass is 127. The molecule has 2 nitrogen and oxygen atoms in total. The molecule has 0 bridgehead atoms. The third-order valence-electron chi connectivity index (χ3n) is 3.45. The van der Waals surface area contributed by atoms with E-state index in [-0.39, 0.29) is 0 Å². The highest BCUT2D eigenvalue weighted by Crippen LogP contribution is 2.31. The van der Waals surface area contributed by atoms with Crippen molar-refractivity contribution in [2.24, 2.45) is 0 Å². The number of rotatable bonds is 4. The molecule has 0 N–H and O–H groups in total. The lowest BCUT2D eigenvalue weighted by molar-refractivity contribution is 0.594. The molecule has 3 rings (SSSR count). The van der Waals surface area contributed by atoms with E-state index < -0.39 is 0 Å². The Bertz CT molecular complexity index is 806. The quantitative estimate of drug-likeness (QED) is 0.421. The van der Waals surface area contributed by atoms with Gasteiger partial charge < -0.3 is 4.90 Å². The zero-order valence-corrected chi connectivity index (χ0v) is 15.6. The number of aromatic nitrogens is 1. The summed E-state index contributed by atoms with van der Waals surface area (Å²) in [6, 6.07) is 16.8. The van der Waals surface area contributed by atoms with Crippen LogP contribution in [0.1, 0.15) is 16.1 Å². The molecule has 0 aliphatic carbocycles. The van der Waals surface area contributed by atoms with E-state index in [2.05, 4.69) is 90.1 Å². The SMILES string of the molecule is CN(C)C(=Cc1ccccc1)c1nc2c(CI)cccc2s1. The summed E-state index contributed by atoms with van der Waals surface area (Å²) in [5.74, 6) is 0. The maximum Gasteiger partial charge on any atom is 0.140 e. The second-order valence-corrected chi connectivity index (χ2v) is 7.04. The third kappa shape index (κ3) is 3.17. The minimum Gasteiger partial charge on any atom is -0.375 e. The van der Waals surface area contributed by atoms with Crippen LogP contribution >= 0.6 is 33.9 Å². The first-order chi connectivity index (χ1) is 10.7. The standard InChI is InChI=1S/C18H17IN2S/c1-21(2)15(11-13-7-4-3-5-8-13)18-20-17-14(12-19)9-6-10-16(17)22-18/h3-11H,12H2,1-2H3. The van der Waals surface area contributed by atoms with Gasteiger partial charge in [-0.3, -0.25) is 0 Å². The number of benzene rings is 2. The van der Waals surface area contributed by atoms with Crippen LogP contribution < -0.4 is 0 Å². The molecular formula is C18H17IN2S. The maximum atomic E-state index is 4.91. The topological polar surface area (TPSA) is 16.1 Å². The van der Waals surface area contributed by atoms with Crippen molar-refractivity contribution in [3.8, 4) is 0 Å². The van der Waals surface area contributed by atoms with Gasteiger partial charge in [-0.2, -0.15) is 0 Å². The Balaban J connectivity index is 2.12. The van der Waals surface area contributed by atoms with Crippen LogP contribution in [0.5, 0.6) is 0 Å². The van der Waals surface area contributed by atoms with E-state index in [1.165, 1.54) is 15.8 Å². The minimum atomic E-state index is 0.984. The Hall–Kier alpha value is -1.40. The van der Waals surface area contributed by atoms with Crippen molar-refractivity contribution in [1.29, 1.82) is 0 Å². The van der Waals surface area contributed by atoms with Crippen LogP contribution in [0.15, 0.2) is 48.5 Å². The smallest absolute Gasteiger partial charge is 0.140 e. The summed E-state index contributed by atoms with van der Waals surface area (Å²) in [7, 11) is 4.14. The van der Waals surface area contributed by atoms with Gasteiger partial charge in [0.25, 0.3) is 0 Å². The molecular weight excluding hydrogens is 403 g/mol. The van der Waals surface area contributed by atoms with Crippen molar-refractivity contribution in [3.05, 3.63) is 64.7 Å². The van der Waals surface area contributed by atoms with Gasteiger partial charge >= 0.3 is 0 Å². The van der Waals surface area contributed by atoms with E-state index in [9.17, 15) is 0 Å². The molecule has 0 radical (unpaired) electrons. The molecule has 112 valence electrons. The van der Waals surface area contributed by atoms with Crippen molar-refractivity contribution < 1.29 is 0 Å². The number of alkyl halides is 1. The molecule has 2 aromatic carbocycles. The average molecular weight is 420 g/mol. The van der Waals surface area contributed by atoms with Gasteiger partial charge in [-0.25, -0.2) is 4.98 Å². The fraction of sp³-hybridized carbons (Fsp3) is 0.167. The Labute approximate surface area is 148 Å². The van der Waals surface area contributed by atoms with Crippen LogP contribution in [0.4, 0.5) is 0 Å². The highest BCUT2D eigenvalue weighted by Gasteiger charge is 2.12. The molecule has 0 aliphatic heterocycles. The molecule has 22 heavy (non-hydrogen) atoms. The molecule has 0 spiro atoms. The van der Waals surface area contributed by atoms with E-state index >= 15 is 0 Å². The second kappa shape index (κ2) is 6.79. The summed E-state index contributed by atoms with van der Waals surface area (Å²) < 4.78 is 2.24. The Morgan fingerprint density at radius 3 is 2.59 bits per heavy atom. The fourth-order valence-corrected chi connectivity index (χ4v) is 4.04. The van der Waals surface area contributed by atoms with E-state index in [0.29, 0.717) is 0 Å². The summed E-state index contributed by atoms with van der Waals surface area (Å²) in [6.45, 7) is 0. The summed E-state index contributed by atoms with van der Waals surface area (Å²) in [5, 5.41) is 1.07. The number of fused-ring (bicyclic) bond motifs is 1. The highest BCUT2D eigenvalue weighted by molar-refractivity contribution is 14.1. The lowest BCUT2D eigenvalue weighted by Crippen LogP contribution is -2.09. The predicted molar refractivity (Wildman–Crippen MR) is 105 cm³/mol. The van der Waals surface area contributed by atoms with E-state index in [0.717, 1.165) is 20.6 Å². The number of hydrogen-bond donors (Lipinski definition) is 0. The van der Waals surface area contributed by atoms with Crippen LogP contribution in [0.25, 0.3) is 22.0 Å². The van der Waals surface area contributed by atoms with Crippen molar-refractivity contribution in [2.45, 2.75) is 4.43 Å². The molecule has 4 heteroatoms. The van der Waals surface area contributed by atoms with Crippen LogP contribution in [-0.4, -0.2) is 24.0 Å². The van der Waals surface area contributed by atoms with E-state index in [4.69, 9.17) is 4.98 Å². The monoisotopic (exact) mass is 420 g/mol. The molecule has 0 atom stereocenters. The number of halogens is 1. The van der Waals surface area contributed by atoms with Crippen molar-refractivity contribution in [2.75, 3.05) is 14.1 Å². The zero-order valence-electron chi connectivity index (χ0n) is 12.6. The number of hydrogen-bond acceptors (Lipinski definition) is 3. The first kappa shape index (κ1) is 15.5. The first-order valence-corrected chi connectivity index (χ1v) is 9.42. The summed E-state index contributed by atoms with van der Waals surface area (Å²) in [5.41, 5.74) is 4.78. The number of nitrogens with zero attached hydrogens (tertiary/aromatic N) is 2. The summed E-state index contributed by atoms with van der Waals surface area (Å²) >= 11 is 4.16. The molecule has 1 aromatic heterocycles. The van der Waals surface area contributed by atoms with Gasteiger partial charge in [0.05, 0.1) is 15.9 Å². The van der Waals surface area contributed by atoms with Crippen LogP contribution in [0, 0.1) is 0 Å². The Morgan fingerprint density at radius 2 is 1.91 bits per heavy atom. The summed E-state index contributed by atoms with van der Waals surface area (Å²) in [4.78, 5) is 7.04. The molecule has 0 unspecified atom stereocenters. The Morgan fingerprint density at radius 1 is 1.14 bits per heavy atom. The second-order valence-electron chi connectivity index (χ2n) is 5.25. The fourth-order valence-electron chi connectivity index (χ4n) is 2.31. The van der Waals surface area contributed by atoms with Crippen molar-refractivity contribution in [1.82, 2.24) is 9.88 Å². The molecule has 0 saturated heterocycles. The summed E-state index contributed by atoms with van der Waals surface area (Å²) in [6.07, 6.45) is 2.20. The molecule has 0 saturated carbocycles. The third-order valence-corrected chi connectivity index (χ3v) is 5.32. The van der Waals surface area contributed by atoms with Gasteiger partial charge in [0.2, 0.25) is 0 Å². The van der Waals surface area contributed by atoms with Gasteiger partial charge in [0, 0.05) is 18.5 Å². The largest absolute Gasteiger partial charge is 0.375 e. The van der Waals surface area contributed by atoms with Crippen LogP contribution in [0.2, 0.25) is 0 Å². The molecule has 0 aliphatic rings. The normalized spacial score (nSPS) is 11.9. The van der Waals surface area contributed by atoms with Crippen molar-refractivity contribution in [3.63, 3.8) is 0 Å². The molecule has 0 amide bonds. The maximum absolute atomic E-state index is 4.91. The van der Waals surface area contributed by atoms with Gasteiger partial charge in [-0.1, -0.05) is 65.1 Å². The van der Waals surface area contributed by atoms with Gasteiger partial charge in [0.15, 0.2) is 0 Å². The van der Waals surface area contributed by atoms with E-state index in [1.54, 1.807) is 11.3 Å². The lowest BCUT2D eigenvalue weighted by Gasteiger charge is -2.15. The van der Waals surface area contributed by atoms with Crippen LogP contribution in [-0.2, 0) is 4.43 Å². The average Bonchev–Trinajstić information content (AvgIpc) is 2.96. The molecule has 3 aromatic rings. The molecule has 1 heterocycles. The van der Waals surface area contributed by atoms with Gasteiger partial charge in [0.1, 0.15) is 5.01 Å². The zero-order chi connectivity index (χ0) is 15.5. The van der Waals surface area contributed by atoms with Crippen molar-refractivity contribution >= 4 is 55.9 Å². The first-order valence-electron chi connectivity index (χ1n) is 7.08. The lowest BCUT2D eigenvalue weighted by atomic mass is 10.2. The number of thiazole rings is 1. The number of para-hydroxylation sites is 1. The Kier molecular flexibility index (Phi) is 4.78. The van der Waals surface area contributed by atoms with Gasteiger partial charge in [-0.15, -0.1) is 11.3 Å². The minimum absolute atomic E-state index is 0.984.